The Morgan fingerprint density at radius 3 is 2.09 bits per heavy atom. The number of nitrogens with one attached hydrogen (secondary N) is 3. The Morgan fingerprint density at radius 2 is 1.56 bits per heavy atom. The summed E-state index contributed by atoms with van der Waals surface area (Å²) in [5.41, 5.74) is 21.8. The molecule has 0 saturated heterocycles. The smallest absolute Gasteiger partial charge is 0.326 e. The molecule has 5 unspecified atom stereocenters. The third-order valence-corrected chi connectivity index (χ3v) is 5.41. The molecule has 0 rings (SSSR count). The van der Waals surface area contributed by atoms with Crippen LogP contribution in [-0.4, -0.2) is 72.0 Å². The molecule has 13 heteroatoms. The maximum Gasteiger partial charge on any atom is 0.326 e. The van der Waals surface area contributed by atoms with Crippen LogP contribution in [0.15, 0.2) is 4.99 Å². The molecule has 13 nitrogen and oxygen atoms in total. The van der Waals surface area contributed by atoms with Crippen molar-refractivity contribution in [2.24, 2.45) is 33.8 Å². The zero-order valence-electron chi connectivity index (χ0n) is 20.4. The molecule has 0 aromatic rings. The van der Waals surface area contributed by atoms with Crippen LogP contribution >= 0.6 is 0 Å². The summed E-state index contributed by atoms with van der Waals surface area (Å²) in [6.07, 6.45) is 2.81. The standard InChI is InChI=1S/C21H42N8O5/c1-4-12(2)16(20(33)34)29-19(32)15(9-5-6-10-22)28-17(30)13(3)27-18(31)14(23)8-7-11-26-21(24)25/h12-16H,4-11,22-23H2,1-3H3,(H,27,31)(H,28,30)(H,29,32)(H,33,34)(H4,24,25,26). The van der Waals surface area contributed by atoms with Crippen molar-refractivity contribution in [3.8, 4) is 0 Å². The van der Waals surface area contributed by atoms with Gasteiger partial charge in [0.05, 0.1) is 6.04 Å². The molecular weight excluding hydrogens is 444 g/mol. The maximum absolute atomic E-state index is 12.8. The molecule has 34 heavy (non-hydrogen) atoms. The van der Waals surface area contributed by atoms with Crippen molar-refractivity contribution in [3.63, 3.8) is 0 Å². The molecule has 0 aliphatic rings. The predicted molar refractivity (Wildman–Crippen MR) is 129 cm³/mol. The quantitative estimate of drug-likeness (QED) is 0.0649. The summed E-state index contributed by atoms with van der Waals surface area (Å²) in [6.45, 7) is 5.75. The summed E-state index contributed by atoms with van der Waals surface area (Å²) in [7, 11) is 0. The second-order valence-corrected chi connectivity index (χ2v) is 8.34. The fourth-order valence-corrected chi connectivity index (χ4v) is 3.03. The zero-order valence-corrected chi connectivity index (χ0v) is 20.4. The molecule has 0 aromatic carbocycles. The number of nitrogens with two attached hydrogens (primary N) is 4. The van der Waals surface area contributed by atoms with Gasteiger partial charge in [0.2, 0.25) is 17.7 Å². The minimum atomic E-state index is -1.15. The van der Waals surface area contributed by atoms with Crippen LogP contribution in [0.25, 0.3) is 0 Å². The maximum atomic E-state index is 12.8. The van der Waals surface area contributed by atoms with E-state index in [0.29, 0.717) is 45.2 Å². The van der Waals surface area contributed by atoms with E-state index < -0.39 is 47.9 Å². The van der Waals surface area contributed by atoms with Gasteiger partial charge in [-0.15, -0.1) is 0 Å². The number of carbonyl (C=O) groups is 4. The van der Waals surface area contributed by atoms with Gasteiger partial charge < -0.3 is 44.0 Å². The van der Waals surface area contributed by atoms with E-state index in [1.54, 1.807) is 6.92 Å². The van der Waals surface area contributed by atoms with Crippen molar-refractivity contribution < 1.29 is 24.3 Å². The molecule has 0 fully saturated rings. The number of unbranched alkanes of at least 4 members (excludes halogenated alkanes) is 1. The summed E-state index contributed by atoms with van der Waals surface area (Å²) in [5, 5.41) is 17.1. The number of nitrogens with zero attached hydrogens (tertiary/aromatic N) is 1. The number of amides is 3. The molecule has 0 aromatic heterocycles. The van der Waals surface area contributed by atoms with E-state index >= 15 is 0 Å². The minimum absolute atomic E-state index is 0.0489. The molecule has 0 aliphatic heterocycles. The molecule has 196 valence electrons. The van der Waals surface area contributed by atoms with Crippen LogP contribution in [-0.2, 0) is 19.2 Å². The van der Waals surface area contributed by atoms with Gasteiger partial charge in [-0.05, 0) is 51.5 Å². The van der Waals surface area contributed by atoms with Gasteiger partial charge in [-0.3, -0.25) is 19.4 Å². The van der Waals surface area contributed by atoms with Crippen LogP contribution in [0.1, 0.15) is 59.3 Å². The number of guanidine groups is 1. The molecular formula is C21H42N8O5. The summed E-state index contributed by atoms with van der Waals surface area (Å²) in [4.78, 5) is 53.1. The molecule has 12 N–H and O–H groups in total. The lowest BCUT2D eigenvalue weighted by Crippen LogP contribution is -2.57. The topological polar surface area (TPSA) is 241 Å². The lowest BCUT2D eigenvalue weighted by molar-refractivity contribution is -0.143. The predicted octanol–water partition coefficient (Wildman–Crippen LogP) is -1.90. The highest BCUT2D eigenvalue weighted by Crippen LogP contribution is 2.10. The summed E-state index contributed by atoms with van der Waals surface area (Å²) < 4.78 is 0. The Kier molecular flexibility index (Phi) is 15.2. The molecule has 0 aliphatic carbocycles. The highest BCUT2D eigenvalue weighted by molar-refractivity contribution is 5.93. The van der Waals surface area contributed by atoms with Crippen LogP contribution < -0.4 is 38.9 Å². The third-order valence-electron chi connectivity index (χ3n) is 5.41. The second kappa shape index (κ2) is 16.6. The minimum Gasteiger partial charge on any atom is -0.480 e. The van der Waals surface area contributed by atoms with Gasteiger partial charge in [0.1, 0.15) is 18.1 Å². The van der Waals surface area contributed by atoms with E-state index in [9.17, 15) is 24.3 Å². The SMILES string of the molecule is CCC(C)C(NC(=O)C(CCCCN)NC(=O)C(C)NC(=O)C(N)CCCN=C(N)N)C(=O)O. The van der Waals surface area contributed by atoms with E-state index in [-0.39, 0.29) is 18.3 Å². The van der Waals surface area contributed by atoms with E-state index in [4.69, 9.17) is 22.9 Å². The lowest BCUT2D eigenvalue weighted by Gasteiger charge is -2.25. The van der Waals surface area contributed by atoms with Crippen LogP contribution in [0.2, 0.25) is 0 Å². The molecule has 0 saturated carbocycles. The summed E-state index contributed by atoms with van der Waals surface area (Å²) in [6, 6.07) is -3.89. The van der Waals surface area contributed by atoms with Crippen molar-refractivity contribution in [2.45, 2.75) is 83.5 Å². The van der Waals surface area contributed by atoms with E-state index in [2.05, 4.69) is 20.9 Å². The summed E-state index contributed by atoms with van der Waals surface area (Å²) >= 11 is 0. The monoisotopic (exact) mass is 486 g/mol. The van der Waals surface area contributed by atoms with Gasteiger partial charge in [0, 0.05) is 6.54 Å². The first-order valence-corrected chi connectivity index (χ1v) is 11.6. The van der Waals surface area contributed by atoms with E-state index in [1.807, 2.05) is 6.92 Å². The van der Waals surface area contributed by atoms with Crippen molar-refractivity contribution in [2.75, 3.05) is 13.1 Å². The first kappa shape index (κ1) is 31.1. The largest absolute Gasteiger partial charge is 0.480 e. The highest BCUT2D eigenvalue weighted by atomic mass is 16.4. The van der Waals surface area contributed by atoms with Gasteiger partial charge in [0.15, 0.2) is 5.96 Å². The first-order chi connectivity index (χ1) is 15.9. The second-order valence-electron chi connectivity index (χ2n) is 8.34. The number of hydrogen-bond acceptors (Lipinski definition) is 7. The van der Waals surface area contributed by atoms with Gasteiger partial charge >= 0.3 is 5.97 Å². The van der Waals surface area contributed by atoms with Gasteiger partial charge in [-0.2, -0.15) is 0 Å². The van der Waals surface area contributed by atoms with Crippen molar-refractivity contribution in [1.82, 2.24) is 16.0 Å². The number of aliphatic carboxylic acids is 1. The van der Waals surface area contributed by atoms with Gasteiger partial charge in [-0.25, -0.2) is 4.79 Å². The molecule has 0 bridgehead atoms. The van der Waals surface area contributed by atoms with E-state index in [0.717, 1.165) is 0 Å². The third kappa shape index (κ3) is 12.3. The molecule has 3 amide bonds. The molecule has 0 spiro atoms. The van der Waals surface area contributed by atoms with Crippen molar-refractivity contribution in [3.05, 3.63) is 0 Å². The van der Waals surface area contributed by atoms with Crippen LogP contribution in [0.4, 0.5) is 0 Å². The van der Waals surface area contributed by atoms with Crippen LogP contribution in [0.5, 0.6) is 0 Å². The molecule has 0 radical (unpaired) electrons. The lowest BCUT2D eigenvalue weighted by atomic mass is 9.98. The highest BCUT2D eigenvalue weighted by Gasteiger charge is 2.30. The van der Waals surface area contributed by atoms with Crippen molar-refractivity contribution in [1.29, 1.82) is 0 Å². The fourth-order valence-electron chi connectivity index (χ4n) is 3.03. The van der Waals surface area contributed by atoms with Gasteiger partial charge in [-0.1, -0.05) is 20.3 Å². The Morgan fingerprint density at radius 1 is 0.912 bits per heavy atom. The average molecular weight is 487 g/mol. The zero-order chi connectivity index (χ0) is 26.3. The summed E-state index contributed by atoms with van der Waals surface area (Å²) in [5.74, 6) is -3.22. The number of hydrogen-bond donors (Lipinski definition) is 8. The number of aliphatic imine (C=N–C) groups is 1. The average Bonchev–Trinajstić information content (AvgIpc) is 2.78. The first-order valence-electron chi connectivity index (χ1n) is 11.6. The Bertz CT molecular complexity index is 699. The Labute approximate surface area is 200 Å². The van der Waals surface area contributed by atoms with E-state index in [1.165, 1.54) is 6.92 Å². The van der Waals surface area contributed by atoms with Gasteiger partial charge in [0.25, 0.3) is 0 Å². The number of carboxylic acids is 1. The fraction of sp³-hybridized carbons (Fsp3) is 0.762. The van der Waals surface area contributed by atoms with Crippen molar-refractivity contribution >= 4 is 29.7 Å². The molecule has 0 heterocycles. The normalized spacial score (nSPS) is 15.2. The number of carbonyl (C=O) groups excluding carboxylic acids is 3. The van der Waals surface area contributed by atoms with Crippen LogP contribution in [0.3, 0.4) is 0 Å². The Hall–Kier alpha value is -2.93. The Balaban J connectivity index is 5.04. The number of carboxylic acid groups (broad SMARTS) is 1. The van der Waals surface area contributed by atoms with Crippen LogP contribution in [0, 0.1) is 5.92 Å². The molecule has 5 atom stereocenters. The number of rotatable bonds is 17.